The zero-order valence-electron chi connectivity index (χ0n) is 14.6. The predicted octanol–water partition coefficient (Wildman–Crippen LogP) is 0.899. The Morgan fingerprint density at radius 1 is 1.19 bits per heavy atom. The van der Waals surface area contributed by atoms with Gasteiger partial charge in [-0.05, 0) is 27.7 Å². The van der Waals surface area contributed by atoms with Gasteiger partial charge in [-0.1, -0.05) is 0 Å². The molecule has 0 saturated heterocycles. The van der Waals surface area contributed by atoms with Crippen LogP contribution in [0.25, 0.3) is 0 Å². The summed E-state index contributed by atoms with van der Waals surface area (Å²) in [6.07, 6.45) is 0. The Kier molecular flexibility index (Phi) is 9.77. The van der Waals surface area contributed by atoms with Crippen molar-refractivity contribution in [1.82, 2.24) is 10.2 Å². The second-order valence-electron chi connectivity index (χ2n) is 5.89. The molecule has 6 heteroatoms. The number of hydrogen-bond donors (Lipinski definition) is 1. The third-order valence-electron chi connectivity index (χ3n) is 3.38. The smallest absolute Gasteiger partial charge is 0.327 e. The lowest BCUT2D eigenvalue weighted by Gasteiger charge is -2.38. The van der Waals surface area contributed by atoms with Crippen LogP contribution in [0.1, 0.15) is 27.7 Å². The summed E-state index contributed by atoms with van der Waals surface area (Å²) < 4.78 is 15.4. The van der Waals surface area contributed by atoms with Crippen LogP contribution in [0, 0.1) is 0 Å². The molecule has 0 aromatic rings. The van der Waals surface area contributed by atoms with Crippen molar-refractivity contribution >= 4 is 5.97 Å². The zero-order valence-corrected chi connectivity index (χ0v) is 14.6. The molecule has 0 radical (unpaired) electrons. The summed E-state index contributed by atoms with van der Waals surface area (Å²) in [6, 6.07) is 0.360. The number of nitrogens with one attached hydrogen (secondary N) is 1. The van der Waals surface area contributed by atoms with E-state index in [0.29, 0.717) is 19.8 Å². The molecule has 0 rings (SSSR count). The summed E-state index contributed by atoms with van der Waals surface area (Å²) in [5.41, 5.74) is -0.765. The first kappa shape index (κ1) is 20.3. The number of carbonyl (C=O) groups excluding carboxylic acids is 1. The van der Waals surface area contributed by atoms with Gasteiger partial charge in [-0.25, -0.2) is 0 Å². The quantitative estimate of drug-likeness (QED) is 0.572. The number of nitrogens with zero attached hydrogens (tertiary/aromatic N) is 1. The third-order valence-corrected chi connectivity index (χ3v) is 3.38. The largest absolute Gasteiger partial charge is 0.468 e. The van der Waals surface area contributed by atoms with Crippen molar-refractivity contribution in [1.29, 1.82) is 0 Å². The fourth-order valence-corrected chi connectivity index (χ4v) is 2.45. The molecule has 6 nitrogen and oxygen atoms in total. The van der Waals surface area contributed by atoms with E-state index in [9.17, 15) is 4.79 Å². The average Bonchev–Trinajstić information content (AvgIpc) is 2.41. The van der Waals surface area contributed by atoms with Crippen molar-refractivity contribution in [3.8, 4) is 0 Å². The number of rotatable bonds is 11. The number of carbonyl (C=O) groups is 1. The standard InChI is InChI=1S/C15H32N2O4/c1-12(2)16-15(4,14(18)21-7)11-17(8-9-19-5)13(3)10-20-6/h12-13,16H,8-11H2,1-7H3. The molecular weight excluding hydrogens is 272 g/mol. The second kappa shape index (κ2) is 10.1. The fourth-order valence-electron chi connectivity index (χ4n) is 2.45. The summed E-state index contributed by atoms with van der Waals surface area (Å²) >= 11 is 0. The lowest BCUT2D eigenvalue weighted by atomic mass is 9.99. The van der Waals surface area contributed by atoms with E-state index in [1.54, 1.807) is 14.2 Å². The van der Waals surface area contributed by atoms with Gasteiger partial charge in [-0.2, -0.15) is 0 Å². The Labute approximate surface area is 129 Å². The highest BCUT2D eigenvalue weighted by Crippen LogP contribution is 2.13. The van der Waals surface area contributed by atoms with Gasteiger partial charge in [0.05, 0.1) is 20.3 Å². The van der Waals surface area contributed by atoms with Crippen LogP contribution in [0.2, 0.25) is 0 Å². The Balaban J connectivity index is 5.04. The minimum absolute atomic E-state index is 0.177. The minimum Gasteiger partial charge on any atom is -0.468 e. The van der Waals surface area contributed by atoms with Gasteiger partial charge in [0.2, 0.25) is 0 Å². The van der Waals surface area contributed by atoms with Gasteiger partial charge < -0.3 is 14.2 Å². The van der Waals surface area contributed by atoms with E-state index in [2.05, 4.69) is 17.1 Å². The van der Waals surface area contributed by atoms with E-state index in [1.165, 1.54) is 7.11 Å². The van der Waals surface area contributed by atoms with Crippen LogP contribution >= 0.6 is 0 Å². The van der Waals surface area contributed by atoms with Crippen LogP contribution in [0.4, 0.5) is 0 Å². The van der Waals surface area contributed by atoms with E-state index in [4.69, 9.17) is 14.2 Å². The molecule has 0 aromatic heterocycles. The lowest BCUT2D eigenvalue weighted by molar-refractivity contribution is -0.149. The van der Waals surface area contributed by atoms with Gasteiger partial charge in [0.1, 0.15) is 5.54 Å². The fraction of sp³-hybridized carbons (Fsp3) is 0.933. The topological polar surface area (TPSA) is 60.0 Å². The summed E-state index contributed by atoms with van der Waals surface area (Å²) in [7, 11) is 4.77. The average molecular weight is 304 g/mol. The summed E-state index contributed by atoms with van der Waals surface area (Å²) in [5, 5.41) is 3.31. The van der Waals surface area contributed by atoms with Gasteiger partial charge in [0.25, 0.3) is 0 Å². The normalized spacial score (nSPS) is 16.0. The van der Waals surface area contributed by atoms with E-state index in [0.717, 1.165) is 6.54 Å². The Morgan fingerprint density at radius 3 is 2.24 bits per heavy atom. The molecule has 2 unspecified atom stereocenters. The van der Waals surface area contributed by atoms with Crippen LogP contribution in [-0.4, -0.2) is 76.1 Å². The van der Waals surface area contributed by atoms with Crippen molar-refractivity contribution in [2.45, 2.75) is 45.3 Å². The van der Waals surface area contributed by atoms with Crippen molar-refractivity contribution in [2.75, 3.05) is 47.6 Å². The molecule has 0 spiro atoms. The summed E-state index contributed by atoms with van der Waals surface area (Å²) in [5.74, 6) is -0.261. The Bertz CT molecular complexity index is 299. The molecule has 0 saturated carbocycles. The number of esters is 1. The molecule has 2 atom stereocenters. The SMILES string of the molecule is COCCN(CC(C)(NC(C)C)C(=O)OC)C(C)COC. The molecule has 0 fully saturated rings. The maximum absolute atomic E-state index is 12.2. The molecule has 0 aromatic carbocycles. The minimum atomic E-state index is -0.765. The van der Waals surface area contributed by atoms with Crippen LogP contribution in [0.5, 0.6) is 0 Å². The van der Waals surface area contributed by atoms with Crippen molar-refractivity contribution < 1.29 is 19.0 Å². The van der Waals surface area contributed by atoms with Crippen molar-refractivity contribution in [2.24, 2.45) is 0 Å². The van der Waals surface area contributed by atoms with Gasteiger partial charge >= 0.3 is 5.97 Å². The zero-order chi connectivity index (χ0) is 16.5. The lowest BCUT2D eigenvalue weighted by Crippen LogP contribution is -2.61. The van der Waals surface area contributed by atoms with Gasteiger partial charge in [0.15, 0.2) is 0 Å². The monoisotopic (exact) mass is 304 g/mol. The van der Waals surface area contributed by atoms with E-state index in [-0.39, 0.29) is 18.1 Å². The Hall–Kier alpha value is -0.690. The highest BCUT2D eigenvalue weighted by atomic mass is 16.5. The first-order chi connectivity index (χ1) is 9.80. The van der Waals surface area contributed by atoms with Gasteiger partial charge in [-0.15, -0.1) is 0 Å². The molecular formula is C15H32N2O4. The van der Waals surface area contributed by atoms with Gasteiger partial charge in [0, 0.05) is 39.4 Å². The van der Waals surface area contributed by atoms with Crippen LogP contribution in [0.3, 0.4) is 0 Å². The molecule has 126 valence electrons. The number of methoxy groups -OCH3 is 3. The third kappa shape index (κ3) is 7.22. The predicted molar refractivity (Wildman–Crippen MR) is 83.5 cm³/mol. The van der Waals surface area contributed by atoms with Crippen LogP contribution in [-0.2, 0) is 19.0 Å². The highest BCUT2D eigenvalue weighted by Gasteiger charge is 2.37. The first-order valence-electron chi connectivity index (χ1n) is 7.38. The van der Waals surface area contributed by atoms with E-state index >= 15 is 0 Å². The summed E-state index contributed by atoms with van der Waals surface area (Å²) in [4.78, 5) is 14.4. The maximum atomic E-state index is 12.2. The Morgan fingerprint density at radius 2 is 1.81 bits per heavy atom. The molecule has 1 N–H and O–H groups in total. The van der Waals surface area contributed by atoms with Crippen LogP contribution in [0.15, 0.2) is 0 Å². The first-order valence-corrected chi connectivity index (χ1v) is 7.38. The molecule has 0 aliphatic rings. The molecule has 0 bridgehead atoms. The molecule has 0 aliphatic carbocycles. The van der Waals surface area contributed by atoms with Crippen LogP contribution < -0.4 is 5.32 Å². The van der Waals surface area contributed by atoms with E-state index in [1.807, 2.05) is 20.8 Å². The van der Waals surface area contributed by atoms with E-state index < -0.39 is 5.54 Å². The summed E-state index contributed by atoms with van der Waals surface area (Å²) in [6.45, 7) is 10.4. The highest BCUT2D eigenvalue weighted by molar-refractivity contribution is 5.80. The maximum Gasteiger partial charge on any atom is 0.327 e. The molecule has 0 aliphatic heterocycles. The van der Waals surface area contributed by atoms with Crippen molar-refractivity contribution in [3.63, 3.8) is 0 Å². The molecule has 0 heterocycles. The molecule has 21 heavy (non-hydrogen) atoms. The number of ether oxygens (including phenoxy) is 3. The number of hydrogen-bond acceptors (Lipinski definition) is 6. The molecule has 0 amide bonds. The van der Waals surface area contributed by atoms with Gasteiger partial charge in [-0.3, -0.25) is 15.0 Å². The van der Waals surface area contributed by atoms with Crippen molar-refractivity contribution in [3.05, 3.63) is 0 Å². The second-order valence-corrected chi connectivity index (χ2v) is 5.89.